The van der Waals surface area contributed by atoms with Crippen molar-refractivity contribution in [3.05, 3.63) is 24.2 Å². The van der Waals surface area contributed by atoms with Crippen molar-refractivity contribution in [2.45, 2.75) is 51.7 Å². The molecule has 3 aliphatic rings. The van der Waals surface area contributed by atoms with Crippen LogP contribution in [0.25, 0.3) is 0 Å². The van der Waals surface area contributed by atoms with Gasteiger partial charge in [-0.25, -0.2) is 0 Å². The number of hydrogen-bond donors (Lipinski definition) is 1. The molecule has 3 fully saturated rings. The van der Waals surface area contributed by atoms with Gasteiger partial charge in [0.25, 0.3) is 0 Å². The normalized spacial score (nSPS) is 41.9. The molecular formula is C22H29NO6. The maximum Gasteiger partial charge on any atom is 0.310 e. The summed E-state index contributed by atoms with van der Waals surface area (Å²) in [6.45, 7) is 4.05. The summed E-state index contributed by atoms with van der Waals surface area (Å²) in [6, 6.07) is 1.36. The summed E-state index contributed by atoms with van der Waals surface area (Å²) in [6.07, 6.45) is 4.85. The van der Waals surface area contributed by atoms with E-state index >= 15 is 0 Å². The molecule has 0 spiro atoms. The van der Waals surface area contributed by atoms with Gasteiger partial charge in [0.15, 0.2) is 5.78 Å². The van der Waals surface area contributed by atoms with E-state index < -0.39 is 34.8 Å². The third kappa shape index (κ3) is 2.85. The summed E-state index contributed by atoms with van der Waals surface area (Å²) >= 11 is 0. The number of rotatable bonds is 3. The Balaban J connectivity index is 1.79. The monoisotopic (exact) mass is 403 g/mol. The molecule has 0 bridgehead atoms. The summed E-state index contributed by atoms with van der Waals surface area (Å²) in [7, 11) is 3.14. The Bertz CT molecular complexity index is 819. The van der Waals surface area contributed by atoms with E-state index in [1.807, 2.05) is 13.8 Å². The first-order chi connectivity index (χ1) is 13.8. The number of Topliss-reactive ketones (excluding diaryl/α,β-unsaturated/α-hetero) is 1. The quantitative estimate of drug-likeness (QED) is 0.775. The first kappa shape index (κ1) is 20.1. The van der Waals surface area contributed by atoms with Gasteiger partial charge in [-0.2, -0.15) is 0 Å². The molecule has 1 aromatic heterocycles. The second-order valence-corrected chi connectivity index (χ2v) is 9.28. The van der Waals surface area contributed by atoms with Crippen molar-refractivity contribution in [1.29, 1.82) is 0 Å². The lowest BCUT2D eigenvalue weighted by molar-refractivity contribution is -0.203. The van der Waals surface area contributed by atoms with Crippen molar-refractivity contribution < 1.29 is 28.3 Å². The highest BCUT2D eigenvalue weighted by atomic mass is 16.5. The van der Waals surface area contributed by atoms with Gasteiger partial charge in [0.05, 0.1) is 37.5 Å². The Morgan fingerprint density at radius 2 is 2.03 bits per heavy atom. The second kappa shape index (κ2) is 6.97. The van der Waals surface area contributed by atoms with Crippen molar-refractivity contribution in [2.75, 3.05) is 14.2 Å². The number of likely N-dealkylation sites (N-methyl/N-ethyl adjacent to an activating group) is 1. The van der Waals surface area contributed by atoms with Gasteiger partial charge < -0.3 is 19.2 Å². The van der Waals surface area contributed by atoms with Crippen LogP contribution in [0, 0.1) is 28.6 Å². The number of hydrogen-bond acceptors (Lipinski definition) is 7. The minimum atomic E-state index is -0.608. The fourth-order valence-corrected chi connectivity index (χ4v) is 6.45. The predicted molar refractivity (Wildman–Crippen MR) is 103 cm³/mol. The molecule has 0 aromatic carbocycles. The third-order valence-electron chi connectivity index (χ3n) is 7.90. The Morgan fingerprint density at radius 3 is 2.66 bits per heavy atom. The van der Waals surface area contributed by atoms with E-state index in [4.69, 9.17) is 13.9 Å². The van der Waals surface area contributed by atoms with E-state index in [0.29, 0.717) is 25.7 Å². The van der Waals surface area contributed by atoms with E-state index in [-0.39, 0.29) is 23.6 Å². The van der Waals surface area contributed by atoms with Crippen molar-refractivity contribution in [1.82, 2.24) is 5.32 Å². The van der Waals surface area contributed by atoms with E-state index in [1.165, 1.54) is 7.11 Å². The standard InChI is InChI=1S/C22H29NO6/c1-21-7-5-13-20(26)29-16(12-6-8-28-11-12)10-22(13,2)18(21)17(24)15(23-3)9-14(21)19(25)27-4/h6,8,11,13-16,18,23H,5,7,9-10H2,1-4H3/t13-,14-,15+,16-,18?,21-,22-/m0/s1. The van der Waals surface area contributed by atoms with Gasteiger partial charge in [-0.15, -0.1) is 0 Å². The van der Waals surface area contributed by atoms with Crippen LogP contribution in [0.1, 0.15) is 51.2 Å². The summed E-state index contributed by atoms with van der Waals surface area (Å²) in [5, 5.41) is 3.09. The first-order valence-corrected chi connectivity index (χ1v) is 10.3. The van der Waals surface area contributed by atoms with Crippen LogP contribution < -0.4 is 5.32 Å². The van der Waals surface area contributed by atoms with E-state index in [2.05, 4.69) is 5.32 Å². The summed E-state index contributed by atoms with van der Waals surface area (Å²) in [4.78, 5) is 39.3. The second-order valence-electron chi connectivity index (χ2n) is 9.28. The minimum Gasteiger partial charge on any atom is -0.472 e. The summed E-state index contributed by atoms with van der Waals surface area (Å²) < 4.78 is 16.1. The zero-order valence-corrected chi connectivity index (χ0v) is 17.4. The molecule has 4 rings (SSSR count). The number of ketones is 1. The number of carbonyl (C=O) groups is 3. The molecule has 158 valence electrons. The van der Waals surface area contributed by atoms with Crippen LogP contribution >= 0.6 is 0 Å². The molecule has 1 N–H and O–H groups in total. The van der Waals surface area contributed by atoms with Crippen LogP contribution in [0.3, 0.4) is 0 Å². The highest BCUT2D eigenvalue weighted by Crippen LogP contribution is 2.64. The summed E-state index contributed by atoms with van der Waals surface area (Å²) in [5.74, 6) is -1.65. The zero-order chi connectivity index (χ0) is 21.0. The van der Waals surface area contributed by atoms with Crippen molar-refractivity contribution in [3.8, 4) is 0 Å². The molecule has 29 heavy (non-hydrogen) atoms. The molecule has 7 atom stereocenters. The Labute approximate surface area is 170 Å². The van der Waals surface area contributed by atoms with Crippen molar-refractivity contribution >= 4 is 17.7 Å². The molecule has 1 aliphatic heterocycles. The topological polar surface area (TPSA) is 94.8 Å². The smallest absolute Gasteiger partial charge is 0.310 e. The van der Waals surface area contributed by atoms with E-state index in [1.54, 1.807) is 25.6 Å². The van der Waals surface area contributed by atoms with Gasteiger partial charge in [-0.3, -0.25) is 14.4 Å². The largest absolute Gasteiger partial charge is 0.472 e. The van der Waals surface area contributed by atoms with Gasteiger partial charge in [-0.1, -0.05) is 13.8 Å². The molecular weight excluding hydrogens is 374 g/mol. The highest BCUT2D eigenvalue weighted by molar-refractivity contribution is 5.92. The van der Waals surface area contributed by atoms with Crippen LogP contribution in [0.2, 0.25) is 0 Å². The van der Waals surface area contributed by atoms with Gasteiger partial charge >= 0.3 is 11.9 Å². The molecule has 7 heteroatoms. The number of fused-ring (bicyclic) bond motifs is 3. The molecule has 2 saturated carbocycles. The molecule has 0 amide bonds. The Hall–Kier alpha value is -2.15. The van der Waals surface area contributed by atoms with Crippen LogP contribution in [0.4, 0.5) is 0 Å². The Morgan fingerprint density at radius 1 is 1.28 bits per heavy atom. The number of cyclic esters (lactones) is 1. The van der Waals surface area contributed by atoms with Crippen molar-refractivity contribution in [2.24, 2.45) is 28.6 Å². The molecule has 1 saturated heterocycles. The summed E-state index contributed by atoms with van der Waals surface area (Å²) in [5.41, 5.74) is -0.368. The third-order valence-corrected chi connectivity index (χ3v) is 7.90. The zero-order valence-electron chi connectivity index (χ0n) is 17.4. The van der Waals surface area contributed by atoms with E-state index in [9.17, 15) is 14.4 Å². The average Bonchev–Trinajstić information content (AvgIpc) is 3.21. The van der Waals surface area contributed by atoms with Gasteiger partial charge in [0, 0.05) is 11.5 Å². The van der Waals surface area contributed by atoms with Crippen LogP contribution in [-0.4, -0.2) is 37.9 Å². The number of carbonyl (C=O) groups excluding carboxylic acids is 3. The Kier molecular flexibility index (Phi) is 4.84. The van der Waals surface area contributed by atoms with Crippen molar-refractivity contribution in [3.63, 3.8) is 0 Å². The van der Waals surface area contributed by atoms with E-state index in [0.717, 1.165) is 5.56 Å². The molecule has 0 radical (unpaired) electrons. The lowest BCUT2D eigenvalue weighted by atomic mass is 9.43. The minimum absolute atomic E-state index is 0.0861. The van der Waals surface area contributed by atoms with Gasteiger partial charge in [0.2, 0.25) is 0 Å². The number of ether oxygens (including phenoxy) is 2. The fraction of sp³-hybridized carbons (Fsp3) is 0.682. The number of nitrogens with one attached hydrogen (secondary N) is 1. The predicted octanol–water partition coefficient (Wildman–Crippen LogP) is 2.66. The van der Waals surface area contributed by atoms with Crippen LogP contribution in [0.15, 0.2) is 23.0 Å². The lowest BCUT2D eigenvalue weighted by Gasteiger charge is -2.61. The molecule has 1 aromatic rings. The SMILES string of the molecule is CN[C@@H]1C[C@@H](C(=O)OC)[C@]2(C)CC[C@H]3C(=O)O[C@H](c4ccoc4)C[C@]3(C)C2C1=O. The van der Waals surface area contributed by atoms with Crippen LogP contribution in [-0.2, 0) is 23.9 Å². The lowest BCUT2D eigenvalue weighted by Crippen LogP contribution is -2.65. The maximum absolute atomic E-state index is 13.6. The first-order valence-electron chi connectivity index (χ1n) is 10.3. The van der Waals surface area contributed by atoms with Gasteiger partial charge in [-0.05, 0) is 49.6 Å². The average molecular weight is 403 g/mol. The van der Waals surface area contributed by atoms with Crippen LogP contribution in [0.5, 0.6) is 0 Å². The highest BCUT2D eigenvalue weighted by Gasteiger charge is 2.67. The maximum atomic E-state index is 13.6. The van der Waals surface area contributed by atoms with Gasteiger partial charge in [0.1, 0.15) is 6.10 Å². The molecule has 7 nitrogen and oxygen atoms in total. The fourth-order valence-electron chi connectivity index (χ4n) is 6.45. The number of methoxy groups -OCH3 is 1. The molecule has 1 unspecified atom stereocenters. The number of furan rings is 1. The molecule has 2 aliphatic carbocycles. The number of esters is 2. The molecule has 2 heterocycles.